The number of rotatable bonds is 2. The first-order valence-electron chi connectivity index (χ1n) is 5.65. The topological polar surface area (TPSA) is 29.1 Å². The van der Waals surface area contributed by atoms with Crippen LogP contribution in [0.2, 0.25) is 0 Å². The summed E-state index contributed by atoms with van der Waals surface area (Å²) >= 11 is 0. The number of aryl methyl sites for hydroxylation is 2. The molecular weight excluding hydrogens is 198 g/mol. The van der Waals surface area contributed by atoms with Crippen LogP contribution in [0.25, 0.3) is 0 Å². The van der Waals surface area contributed by atoms with Gasteiger partial charge < -0.3 is 5.32 Å². The molecule has 1 amide bonds. The molecule has 1 rings (SSSR count). The lowest BCUT2D eigenvalue weighted by atomic mass is 9.97. The fourth-order valence-electron chi connectivity index (χ4n) is 1.33. The maximum atomic E-state index is 11.8. The van der Waals surface area contributed by atoms with E-state index in [1.807, 2.05) is 32.0 Å². The van der Waals surface area contributed by atoms with E-state index in [1.165, 1.54) is 5.56 Å². The molecule has 88 valence electrons. The Morgan fingerprint density at radius 3 is 2.31 bits per heavy atom. The second-order valence-corrected chi connectivity index (χ2v) is 5.54. The third-order valence-corrected chi connectivity index (χ3v) is 2.55. The van der Waals surface area contributed by atoms with E-state index in [1.54, 1.807) is 0 Å². The first-order valence-corrected chi connectivity index (χ1v) is 5.65. The summed E-state index contributed by atoms with van der Waals surface area (Å²) < 4.78 is 0. The molecule has 0 aliphatic heterocycles. The van der Waals surface area contributed by atoms with Crippen molar-refractivity contribution in [1.29, 1.82) is 0 Å². The molecule has 0 saturated heterocycles. The van der Waals surface area contributed by atoms with Crippen molar-refractivity contribution in [2.75, 3.05) is 6.54 Å². The minimum absolute atomic E-state index is 0.0121. The lowest BCUT2D eigenvalue weighted by molar-refractivity contribution is 0.0939. The molecule has 1 aromatic rings. The molecule has 16 heavy (non-hydrogen) atoms. The zero-order chi connectivity index (χ0) is 12.3. The molecule has 0 atom stereocenters. The number of hydrogen-bond acceptors (Lipinski definition) is 1. The summed E-state index contributed by atoms with van der Waals surface area (Å²) in [6, 6.07) is 5.80. The van der Waals surface area contributed by atoms with Gasteiger partial charge in [-0.15, -0.1) is 0 Å². The molecule has 1 aromatic carbocycles. The van der Waals surface area contributed by atoms with Gasteiger partial charge in [0.15, 0.2) is 0 Å². The summed E-state index contributed by atoms with van der Waals surface area (Å²) in [4.78, 5) is 11.8. The van der Waals surface area contributed by atoms with Crippen molar-refractivity contribution in [3.05, 3.63) is 34.9 Å². The summed E-state index contributed by atoms with van der Waals surface area (Å²) in [5.41, 5.74) is 3.23. The second-order valence-electron chi connectivity index (χ2n) is 5.54. The van der Waals surface area contributed by atoms with Crippen LogP contribution in [0.15, 0.2) is 18.2 Å². The predicted molar refractivity (Wildman–Crippen MR) is 67.7 cm³/mol. The zero-order valence-corrected chi connectivity index (χ0v) is 10.8. The molecular formula is C14H21NO. The molecule has 0 radical (unpaired) electrons. The monoisotopic (exact) mass is 219 g/mol. The molecule has 0 unspecified atom stereocenters. The number of carbonyl (C=O) groups excluding carboxylic acids is 1. The van der Waals surface area contributed by atoms with Gasteiger partial charge in [0, 0.05) is 12.1 Å². The van der Waals surface area contributed by atoms with Gasteiger partial charge in [-0.1, -0.05) is 26.8 Å². The van der Waals surface area contributed by atoms with Crippen LogP contribution in [0.4, 0.5) is 0 Å². The van der Waals surface area contributed by atoms with Crippen LogP contribution in [0.1, 0.15) is 42.3 Å². The predicted octanol–water partition coefficient (Wildman–Crippen LogP) is 3.08. The van der Waals surface area contributed by atoms with E-state index in [4.69, 9.17) is 0 Å². The second kappa shape index (κ2) is 4.69. The van der Waals surface area contributed by atoms with Gasteiger partial charge >= 0.3 is 0 Å². The van der Waals surface area contributed by atoms with Crippen LogP contribution in [0, 0.1) is 19.3 Å². The van der Waals surface area contributed by atoms with E-state index in [9.17, 15) is 4.79 Å². The minimum atomic E-state index is 0.0121. The van der Waals surface area contributed by atoms with Gasteiger partial charge in [0.1, 0.15) is 0 Å². The fourth-order valence-corrected chi connectivity index (χ4v) is 1.33. The normalized spacial score (nSPS) is 11.3. The van der Waals surface area contributed by atoms with Crippen LogP contribution in [0.3, 0.4) is 0 Å². The van der Waals surface area contributed by atoms with E-state index in [-0.39, 0.29) is 11.3 Å². The number of carbonyl (C=O) groups is 1. The maximum Gasteiger partial charge on any atom is 0.251 e. The van der Waals surface area contributed by atoms with Crippen LogP contribution in [-0.4, -0.2) is 12.5 Å². The lowest BCUT2D eigenvalue weighted by Crippen LogP contribution is -2.32. The Morgan fingerprint density at radius 2 is 1.81 bits per heavy atom. The number of benzene rings is 1. The smallest absolute Gasteiger partial charge is 0.251 e. The van der Waals surface area contributed by atoms with Gasteiger partial charge in [-0.3, -0.25) is 4.79 Å². The van der Waals surface area contributed by atoms with Crippen molar-refractivity contribution in [2.24, 2.45) is 5.41 Å². The van der Waals surface area contributed by atoms with E-state index < -0.39 is 0 Å². The molecule has 0 aliphatic rings. The average Bonchev–Trinajstić information content (AvgIpc) is 2.17. The molecule has 2 nitrogen and oxygen atoms in total. The third kappa shape index (κ3) is 3.69. The van der Waals surface area contributed by atoms with Crippen molar-refractivity contribution in [3.8, 4) is 0 Å². The van der Waals surface area contributed by atoms with Crippen LogP contribution >= 0.6 is 0 Å². The molecule has 0 fully saturated rings. The van der Waals surface area contributed by atoms with E-state index >= 15 is 0 Å². The number of nitrogens with one attached hydrogen (secondary N) is 1. The highest BCUT2D eigenvalue weighted by molar-refractivity contribution is 5.94. The average molecular weight is 219 g/mol. The highest BCUT2D eigenvalue weighted by Crippen LogP contribution is 2.12. The molecule has 1 N–H and O–H groups in total. The standard InChI is InChI=1S/C14H21NO/c1-10-6-7-12(8-11(10)2)13(16)15-9-14(3,4)5/h6-8H,9H2,1-5H3,(H,15,16). The minimum Gasteiger partial charge on any atom is -0.352 e. The first kappa shape index (κ1) is 12.8. The summed E-state index contributed by atoms with van der Waals surface area (Å²) in [5, 5.41) is 2.95. The summed E-state index contributed by atoms with van der Waals surface area (Å²) in [6.07, 6.45) is 0. The largest absolute Gasteiger partial charge is 0.352 e. The molecule has 0 aromatic heterocycles. The van der Waals surface area contributed by atoms with Crippen molar-refractivity contribution < 1.29 is 4.79 Å². The Bertz CT molecular complexity index is 388. The Morgan fingerprint density at radius 1 is 1.19 bits per heavy atom. The molecule has 0 bridgehead atoms. The van der Waals surface area contributed by atoms with Crippen molar-refractivity contribution in [3.63, 3.8) is 0 Å². The number of amides is 1. The lowest BCUT2D eigenvalue weighted by Gasteiger charge is -2.18. The summed E-state index contributed by atoms with van der Waals surface area (Å²) in [6.45, 7) is 11.1. The van der Waals surface area contributed by atoms with E-state index in [0.29, 0.717) is 6.54 Å². The Balaban J connectivity index is 2.70. The van der Waals surface area contributed by atoms with Crippen molar-refractivity contribution in [2.45, 2.75) is 34.6 Å². The fraction of sp³-hybridized carbons (Fsp3) is 0.500. The highest BCUT2D eigenvalue weighted by Gasteiger charge is 2.13. The van der Waals surface area contributed by atoms with Gasteiger partial charge in [0.25, 0.3) is 5.91 Å². The van der Waals surface area contributed by atoms with Crippen LogP contribution in [0.5, 0.6) is 0 Å². The molecule has 0 heterocycles. The highest BCUT2D eigenvalue weighted by atomic mass is 16.1. The molecule has 0 saturated carbocycles. The van der Waals surface area contributed by atoms with Gasteiger partial charge in [-0.25, -0.2) is 0 Å². The Hall–Kier alpha value is -1.31. The summed E-state index contributed by atoms with van der Waals surface area (Å²) in [5.74, 6) is 0.0121. The molecule has 2 heteroatoms. The van der Waals surface area contributed by atoms with E-state index in [0.717, 1.165) is 11.1 Å². The third-order valence-electron chi connectivity index (χ3n) is 2.55. The molecule has 0 aliphatic carbocycles. The number of hydrogen-bond donors (Lipinski definition) is 1. The zero-order valence-electron chi connectivity index (χ0n) is 10.8. The van der Waals surface area contributed by atoms with Crippen molar-refractivity contribution in [1.82, 2.24) is 5.32 Å². The van der Waals surface area contributed by atoms with Crippen LogP contribution in [-0.2, 0) is 0 Å². The maximum absolute atomic E-state index is 11.8. The SMILES string of the molecule is Cc1ccc(C(=O)NCC(C)(C)C)cc1C. The Kier molecular flexibility index (Phi) is 3.74. The van der Waals surface area contributed by atoms with Crippen molar-refractivity contribution >= 4 is 5.91 Å². The Labute approximate surface area is 98.1 Å². The van der Waals surface area contributed by atoms with Gasteiger partial charge in [-0.2, -0.15) is 0 Å². The van der Waals surface area contributed by atoms with Gasteiger partial charge in [0.05, 0.1) is 0 Å². The van der Waals surface area contributed by atoms with Gasteiger partial charge in [-0.05, 0) is 42.5 Å². The van der Waals surface area contributed by atoms with Crippen LogP contribution < -0.4 is 5.32 Å². The first-order chi connectivity index (χ1) is 7.29. The van der Waals surface area contributed by atoms with Gasteiger partial charge in [0.2, 0.25) is 0 Å². The molecule has 0 spiro atoms. The summed E-state index contributed by atoms with van der Waals surface area (Å²) in [7, 11) is 0. The quantitative estimate of drug-likeness (QED) is 0.813. The van der Waals surface area contributed by atoms with E-state index in [2.05, 4.69) is 26.1 Å².